The molecule has 0 spiro atoms. The van der Waals surface area contributed by atoms with Gasteiger partial charge in [0, 0.05) is 11.0 Å². The molecule has 0 amide bonds. The maximum Gasteiger partial charge on any atom is 0.115 e. The van der Waals surface area contributed by atoms with Crippen LogP contribution >= 0.6 is 0 Å². The van der Waals surface area contributed by atoms with Gasteiger partial charge < -0.3 is 4.98 Å². The number of hydrogen-bond donors (Lipinski definition) is 1. The van der Waals surface area contributed by atoms with Crippen molar-refractivity contribution >= 4 is 182 Å². The Morgan fingerprint density at radius 3 is 1.19 bits per heavy atom. The summed E-state index contributed by atoms with van der Waals surface area (Å²) >= 11 is 0. The first-order valence-electron chi connectivity index (χ1n) is 9.42. The zero-order valence-corrected chi connectivity index (χ0v) is 17.1. The Balaban J connectivity index is 2.11. The fourth-order valence-corrected chi connectivity index (χ4v) is 4.06. The predicted molar refractivity (Wildman–Crippen MR) is 150 cm³/mol. The third kappa shape index (κ3) is 3.10. The molecule has 0 unspecified atom stereocenters. The monoisotopic (exact) mass is 377 g/mol. The van der Waals surface area contributed by atoms with Crippen LogP contribution in [0.1, 0.15) is 11.1 Å². The number of nitrogens with one attached hydrogen (secondary N) is 1. The molecule has 0 aliphatic carbocycles. The number of benzene rings is 3. The molecule has 4 aromatic rings. The smallest absolute Gasteiger partial charge is 0.115 e. The van der Waals surface area contributed by atoms with Gasteiger partial charge >= 0.3 is 0 Å². The van der Waals surface area contributed by atoms with E-state index in [1.807, 2.05) is 0 Å². The number of aromatic amines is 1. The van der Waals surface area contributed by atoms with Crippen molar-refractivity contribution in [2.24, 2.45) is 0 Å². The van der Waals surface area contributed by atoms with E-state index in [1.165, 1.54) is 0 Å². The summed E-state index contributed by atoms with van der Waals surface area (Å²) < 4.78 is 0. The van der Waals surface area contributed by atoms with E-state index in [0.29, 0.717) is 32.9 Å². The zero-order chi connectivity index (χ0) is 23.8. The Morgan fingerprint density at radius 1 is 0.344 bits per heavy atom. The lowest BCUT2D eigenvalue weighted by molar-refractivity contribution is 1.27. The zero-order valence-electron chi connectivity index (χ0n) is 17.1. The van der Waals surface area contributed by atoms with Crippen molar-refractivity contribution < 1.29 is 0 Å². The highest BCUT2D eigenvalue weighted by Crippen LogP contribution is 2.19. The standard InChI is InChI=1S/C19H3B12N/c20-6-2(1-3-7(21)11(25)14(28)12(26)8(3)22)9(23)16(30)18-4(6)5-10(24)13(27)15(29)17(31)19(5)32-18/h32H,1H2. The van der Waals surface area contributed by atoms with Gasteiger partial charge in [-0.3, -0.25) is 0 Å². The molecule has 1 aromatic heterocycles. The van der Waals surface area contributed by atoms with Crippen LogP contribution in [0.5, 0.6) is 0 Å². The summed E-state index contributed by atoms with van der Waals surface area (Å²) in [6.07, 6.45) is 0.0800. The predicted octanol–water partition coefficient (Wildman–Crippen LogP) is -9.56. The van der Waals surface area contributed by atoms with Gasteiger partial charge in [0.1, 0.15) is 94.2 Å². The molecule has 4 rings (SSSR count). The molecule has 24 radical (unpaired) electrons. The topological polar surface area (TPSA) is 15.8 Å². The van der Waals surface area contributed by atoms with Crippen molar-refractivity contribution in [1.29, 1.82) is 0 Å². The third-order valence-electron chi connectivity index (χ3n) is 6.05. The molecular weight excluding hydrogens is 372 g/mol. The van der Waals surface area contributed by atoms with Crippen molar-refractivity contribution in [2.75, 3.05) is 0 Å². The van der Waals surface area contributed by atoms with Gasteiger partial charge in [-0.05, 0) is 17.2 Å². The lowest BCUT2D eigenvalue weighted by atomic mass is 9.59. The average molecular weight is 375 g/mol. The van der Waals surface area contributed by atoms with Gasteiger partial charge in [-0.2, -0.15) is 0 Å². The summed E-state index contributed by atoms with van der Waals surface area (Å²) in [4.78, 5) is 3.11. The van der Waals surface area contributed by atoms with Gasteiger partial charge in [0.05, 0.1) is 0 Å². The van der Waals surface area contributed by atoms with Crippen molar-refractivity contribution in [2.45, 2.75) is 6.42 Å². The molecule has 0 saturated heterocycles. The SMILES string of the molecule is [B]c1c([B])c([B])c(Cc2c([B])c([B])c3[nH]c4c([B])c([B])c([B])c([B])c4c3c2[B])c([B])c1[B]. The van der Waals surface area contributed by atoms with E-state index < -0.39 is 0 Å². The summed E-state index contributed by atoms with van der Waals surface area (Å²) in [5.74, 6) is 0. The maximum absolute atomic E-state index is 6.57. The van der Waals surface area contributed by atoms with Crippen LogP contribution in [0.4, 0.5) is 0 Å². The van der Waals surface area contributed by atoms with Gasteiger partial charge in [0.25, 0.3) is 0 Å². The van der Waals surface area contributed by atoms with E-state index in [4.69, 9.17) is 94.2 Å². The van der Waals surface area contributed by atoms with Crippen LogP contribution in [0.15, 0.2) is 0 Å². The molecule has 0 saturated carbocycles. The van der Waals surface area contributed by atoms with E-state index in [9.17, 15) is 0 Å². The van der Waals surface area contributed by atoms with Gasteiger partial charge in [0.15, 0.2) is 0 Å². The van der Waals surface area contributed by atoms with Gasteiger partial charge in [-0.1, -0.05) is 38.4 Å². The van der Waals surface area contributed by atoms with E-state index >= 15 is 0 Å². The first-order valence-corrected chi connectivity index (χ1v) is 9.42. The molecule has 0 atom stereocenters. The fourth-order valence-electron chi connectivity index (χ4n) is 4.06. The summed E-state index contributed by atoms with van der Waals surface area (Å²) in [6.45, 7) is 0. The molecule has 1 N–H and O–H groups in total. The quantitative estimate of drug-likeness (QED) is 0.335. The summed E-state index contributed by atoms with van der Waals surface area (Å²) in [5, 5.41) is 0.970. The normalized spacial score (nSPS) is 11.5. The molecule has 3 aromatic carbocycles. The Kier molecular flexibility index (Phi) is 5.80. The highest BCUT2D eigenvalue weighted by Gasteiger charge is 2.20. The Hall–Kier alpha value is -1.76. The maximum atomic E-state index is 6.57. The van der Waals surface area contributed by atoms with Crippen LogP contribution < -0.4 is 65.6 Å². The van der Waals surface area contributed by atoms with E-state index in [-0.39, 0.29) is 72.0 Å². The Morgan fingerprint density at radius 2 is 0.656 bits per heavy atom. The third-order valence-corrected chi connectivity index (χ3v) is 6.05. The molecule has 0 aliphatic heterocycles. The van der Waals surface area contributed by atoms with Crippen LogP contribution in [0, 0.1) is 0 Å². The number of H-pyrrole nitrogens is 1. The molecule has 13 heteroatoms. The highest BCUT2D eigenvalue weighted by atomic mass is 14.7. The van der Waals surface area contributed by atoms with Crippen molar-refractivity contribution in [3.8, 4) is 0 Å². The summed E-state index contributed by atoms with van der Waals surface area (Å²) in [6, 6.07) is 0. The lowest BCUT2D eigenvalue weighted by Gasteiger charge is -2.24. The van der Waals surface area contributed by atoms with Crippen LogP contribution in [0.2, 0.25) is 0 Å². The van der Waals surface area contributed by atoms with E-state index in [0.717, 1.165) is 0 Å². The molecule has 0 fully saturated rings. The van der Waals surface area contributed by atoms with Crippen LogP contribution in [-0.2, 0) is 6.42 Å². The van der Waals surface area contributed by atoms with E-state index in [2.05, 4.69) is 4.98 Å². The number of fused-ring (bicyclic) bond motifs is 3. The van der Waals surface area contributed by atoms with Crippen molar-refractivity contribution in [3.63, 3.8) is 0 Å². The number of hydrogen-bond acceptors (Lipinski definition) is 0. The summed E-state index contributed by atoms with van der Waals surface area (Å²) in [7, 11) is 74.0. The second kappa shape index (κ2) is 7.93. The van der Waals surface area contributed by atoms with E-state index in [1.54, 1.807) is 0 Å². The number of rotatable bonds is 2. The Labute approximate surface area is 203 Å². The van der Waals surface area contributed by atoms with Crippen molar-refractivity contribution in [1.82, 2.24) is 4.98 Å². The molecular formula is C19H3B12N. The Bertz CT molecular complexity index is 1440. The van der Waals surface area contributed by atoms with Gasteiger partial charge in [-0.15, -0.1) is 38.2 Å². The summed E-state index contributed by atoms with van der Waals surface area (Å²) in [5.41, 5.74) is 3.88. The van der Waals surface area contributed by atoms with Crippen LogP contribution in [-0.4, -0.2) is 99.1 Å². The van der Waals surface area contributed by atoms with Gasteiger partial charge in [0.2, 0.25) is 0 Å². The molecule has 120 valence electrons. The minimum atomic E-state index is 0.0800. The molecule has 0 aliphatic rings. The average Bonchev–Trinajstić information content (AvgIpc) is 3.18. The lowest BCUT2D eigenvalue weighted by Crippen LogP contribution is -2.56. The second-order valence-corrected chi connectivity index (χ2v) is 7.72. The highest BCUT2D eigenvalue weighted by molar-refractivity contribution is 6.69. The molecule has 1 nitrogen and oxygen atoms in total. The molecule has 32 heavy (non-hydrogen) atoms. The molecule has 1 heterocycles. The van der Waals surface area contributed by atoms with Gasteiger partial charge in [-0.25, -0.2) is 0 Å². The first-order chi connectivity index (χ1) is 14.9. The van der Waals surface area contributed by atoms with Crippen molar-refractivity contribution in [3.05, 3.63) is 11.1 Å². The number of aromatic nitrogens is 1. The first kappa shape index (κ1) is 23.4. The fraction of sp³-hybridized carbons (Fsp3) is 0.0526. The second-order valence-electron chi connectivity index (χ2n) is 7.72. The minimum absolute atomic E-state index is 0.0800. The largest absolute Gasteiger partial charge is 0.356 e. The van der Waals surface area contributed by atoms with Crippen LogP contribution in [0.3, 0.4) is 0 Å². The minimum Gasteiger partial charge on any atom is -0.356 e. The van der Waals surface area contributed by atoms with Crippen LogP contribution in [0.25, 0.3) is 21.8 Å². The molecule has 0 bridgehead atoms.